The number of aromatic nitrogens is 2. The first-order valence-electron chi connectivity index (χ1n) is 9.98. The van der Waals surface area contributed by atoms with E-state index in [1.54, 1.807) is 4.90 Å². The van der Waals surface area contributed by atoms with Gasteiger partial charge in [-0.1, -0.05) is 31.1 Å². The number of hydrogen-bond acceptors (Lipinski definition) is 5. The minimum Gasteiger partial charge on any atom is -0.339 e. The maximum Gasteiger partial charge on any atom is 0.254 e. The molecule has 0 bridgehead atoms. The van der Waals surface area contributed by atoms with Crippen LogP contribution in [0.25, 0.3) is 0 Å². The van der Waals surface area contributed by atoms with Crippen LogP contribution in [0.5, 0.6) is 0 Å². The van der Waals surface area contributed by atoms with Crippen LogP contribution in [-0.4, -0.2) is 40.6 Å². The van der Waals surface area contributed by atoms with Crippen LogP contribution in [0.2, 0.25) is 0 Å². The smallest absolute Gasteiger partial charge is 0.254 e. The molecule has 6 nitrogen and oxygen atoms in total. The molecule has 1 amide bonds. The average molecular weight is 370 g/mol. The van der Waals surface area contributed by atoms with Crippen LogP contribution in [0.1, 0.15) is 67.2 Å². The first-order chi connectivity index (χ1) is 13.1. The quantitative estimate of drug-likeness (QED) is 0.809. The van der Waals surface area contributed by atoms with Crippen LogP contribution in [-0.2, 0) is 13.0 Å². The highest BCUT2D eigenvalue weighted by molar-refractivity contribution is 5.94. The lowest BCUT2D eigenvalue weighted by Crippen LogP contribution is -2.31. The second-order valence-electron chi connectivity index (χ2n) is 7.69. The monoisotopic (exact) mass is 370 g/mol. The summed E-state index contributed by atoms with van der Waals surface area (Å²) in [4.78, 5) is 19.0. The van der Waals surface area contributed by atoms with E-state index in [4.69, 9.17) is 4.52 Å². The summed E-state index contributed by atoms with van der Waals surface area (Å²) in [6, 6.07) is 8.06. The Morgan fingerprint density at radius 3 is 2.74 bits per heavy atom. The minimum atomic E-state index is 0.000953. The molecule has 6 heteroatoms. The van der Waals surface area contributed by atoms with Gasteiger partial charge in [-0.3, -0.25) is 4.79 Å². The third-order valence-electron chi connectivity index (χ3n) is 5.02. The van der Waals surface area contributed by atoms with Gasteiger partial charge in [0.1, 0.15) is 0 Å². The van der Waals surface area contributed by atoms with E-state index in [0.29, 0.717) is 42.2 Å². The topological polar surface area (TPSA) is 71.3 Å². The lowest BCUT2D eigenvalue weighted by atomic mass is 9.91. The molecule has 1 aliphatic rings. The van der Waals surface area contributed by atoms with Gasteiger partial charge >= 0.3 is 0 Å². The highest BCUT2D eigenvalue weighted by Gasteiger charge is 2.19. The molecule has 2 aromatic rings. The maximum atomic E-state index is 12.9. The van der Waals surface area contributed by atoms with Crippen molar-refractivity contribution in [1.82, 2.24) is 20.4 Å². The van der Waals surface area contributed by atoms with Gasteiger partial charge in [0, 0.05) is 25.1 Å². The molecule has 1 saturated heterocycles. The highest BCUT2D eigenvalue weighted by Crippen LogP contribution is 2.23. The predicted octanol–water partition coefficient (Wildman–Crippen LogP) is 3.40. The summed E-state index contributed by atoms with van der Waals surface area (Å²) in [7, 11) is 0. The summed E-state index contributed by atoms with van der Waals surface area (Å²) >= 11 is 0. The van der Waals surface area contributed by atoms with Gasteiger partial charge in [-0.15, -0.1) is 0 Å². The van der Waals surface area contributed by atoms with Crippen LogP contribution >= 0.6 is 0 Å². The summed E-state index contributed by atoms with van der Waals surface area (Å²) in [5, 5.41) is 7.46. The van der Waals surface area contributed by atoms with Crippen molar-refractivity contribution in [1.29, 1.82) is 0 Å². The highest BCUT2D eigenvalue weighted by atomic mass is 16.5. The van der Waals surface area contributed by atoms with Gasteiger partial charge < -0.3 is 14.7 Å². The van der Waals surface area contributed by atoms with Crippen LogP contribution in [0, 0.1) is 5.92 Å². The molecule has 3 rings (SSSR count). The molecule has 0 saturated carbocycles. The van der Waals surface area contributed by atoms with Gasteiger partial charge in [-0.2, -0.15) is 4.98 Å². The average Bonchev–Trinajstić information content (AvgIpc) is 3.12. The number of carbonyl (C=O) groups is 1. The predicted molar refractivity (Wildman–Crippen MR) is 105 cm³/mol. The zero-order valence-electron chi connectivity index (χ0n) is 16.6. The summed E-state index contributed by atoms with van der Waals surface area (Å²) in [6.45, 7) is 9.28. The molecule has 2 heterocycles. The van der Waals surface area contributed by atoms with Gasteiger partial charge in [-0.25, -0.2) is 0 Å². The number of benzene rings is 1. The lowest BCUT2D eigenvalue weighted by Gasteiger charge is -2.23. The Balaban J connectivity index is 1.64. The van der Waals surface area contributed by atoms with Gasteiger partial charge in [0.15, 0.2) is 5.82 Å². The fourth-order valence-corrected chi connectivity index (χ4v) is 3.50. The van der Waals surface area contributed by atoms with Gasteiger partial charge in [0.25, 0.3) is 5.91 Å². The molecule has 0 unspecified atom stereocenters. The molecule has 146 valence electrons. The van der Waals surface area contributed by atoms with Crippen molar-refractivity contribution in [2.75, 3.05) is 19.6 Å². The fraction of sp³-hybridized carbons (Fsp3) is 0.571. The van der Waals surface area contributed by atoms with Crippen LogP contribution in [0.4, 0.5) is 0 Å². The second-order valence-corrected chi connectivity index (χ2v) is 7.69. The standard InChI is InChI=1S/C21H30N4O2/c1-4-25(14-19-23-20(27-24-19)12-15(2)3)21(26)17-9-7-16(8-10-17)18-6-5-11-22-13-18/h7-10,15,18,22H,4-6,11-14H2,1-3H3/t18-/m1/s1. The Morgan fingerprint density at radius 1 is 1.33 bits per heavy atom. The van der Waals surface area contributed by atoms with E-state index in [0.717, 1.165) is 19.5 Å². The zero-order valence-corrected chi connectivity index (χ0v) is 16.6. The molecule has 27 heavy (non-hydrogen) atoms. The molecule has 1 fully saturated rings. The fourth-order valence-electron chi connectivity index (χ4n) is 3.50. The molecule has 0 radical (unpaired) electrons. The Kier molecular flexibility index (Phi) is 6.61. The number of rotatable bonds is 7. The third kappa shape index (κ3) is 5.16. The van der Waals surface area contributed by atoms with Crippen molar-refractivity contribution < 1.29 is 9.32 Å². The minimum absolute atomic E-state index is 0.000953. The molecular weight excluding hydrogens is 340 g/mol. The summed E-state index contributed by atoms with van der Waals surface area (Å²) in [5.74, 6) is 2.20. The van der Waals surface area contributed by atoms with E-state index >= 15 is 0 Å². The molecule has 1 aliphatic heterocycles. The Bertz CT molecular complexity index is 733. The molecule has 1 N–H and O–H groups in total. The van der Waals surface area contributed by atoms with E-state index in [-0.39, 0.29) is 5.91 Å². The number of nitrogens with one attached hydrogen (secondary N) is 1. The largest absolute Gasteiger partial charge is 0.339 e. The van der Waals surface area contributed by atoms with E-state index in [2.05, 4.69) is 41.4 Å². The third-order valence-corrected chi connectivity index (χ3v) is 5.02. The number of hydrogen-bond donors (Lipinski definition) is 1. The van der Waals surface area contributed by atoms with Crippen molar-refractivity contribution >= 4 is 5.91 Å². The Hall–Kier alpha value is -2.21. The maximum absolute atomic E-state index is 12.9. The zero-order chi connectivity index (χ0) is 19.2. The molecule has 0 spiro atoms. The van der Waals surface area contributed by atoms with Crippen molar-refractivity contribution in [3.63, 3.8) is 0 Å². The van der Waals surface area contributed by atoms with Crippen molar-refractivity contribution in [3.8, 4) is 0 Å². The van der Waals surface area contributed by atoms with Crippen molar-refractivity contribution in [3.05, 3.63) is 47.1 Å². The summed E-state index contributed by atoms with van der Waals surface area (Å²) in [6.07, 6.45) is 3.17. The molecule has 1 aromatic carbocycles. The van der Waals surface area contributed by atoms with Crippen molar-refractivity contribution in [2.24, 2.45) is 5.92 Å². The van der Waals surface area contributed by atoms with E-state index in [1.807, 2.05) is 19.1 Å². The Labute approximate surface area is 161 Å². The SMILES string of the molecule is CCN(Cc1noc(CC(C)C)n1)C(=O)c1ccc([C@@H]2CCCNC2)cc1. The Morgan fingerprint density at radius 2 is 2.11 bits per heavy atom. The molecule has 1 atom stereocenters. The van der Waals surface area contributed by atoms with Gasteiger partial charge in [0.05, 0.1) is 6.54 Å². The van der Waals surface area contributed by atoms with Crippen LogP contribution in [0.15, 0.2) is 28.8 Å². The molecular formula is C21H30N4O2. The molecule has 0 aliphatic carbocycles. The van der Waals surface area contributed by atoms with E-state index in [1.165, 1.54) is 18.4 Å². The van der Waals surface area contributed by atoms with E-state index in [9.17, 15) is 4.79 Å². The summed E-state index contributed by atoms with van der Waals surface area (Å²) < 4.78 is 5.28. The normalized spacial score (nSPS) is 17.3. The van der Waals surface area contributed by atoms with Crippen LogP contribution in [0.3, 0.4) is 0 Å². The lowest BCUT2D eigenvalue weighted by molar-refractivity contribution is 0.0747. The molecule has 1 aromatic heterocycles. The van der Waals surface area contributed by atoms with Gasteiger partial charge in [0.2, 0.25) is 5.89 Å². The summed E-state index contributed by atoms with van der Waals surface area (Å²) in [5.41, 5.74) is 2.01. The van der Waals surface area contributed by atoms with E-state index < -0.39 is 0 Å². The van der Waals surface area contributed by atoms with Gasteiger partial charge in [-0.05, 0) is 55.8 Å². The van der Waals surface area contributed by atoms with Crippen LogP contribution < -0.4 is 5.32 Å². The number of amides is 1. The number of piperidine rings is 1. The first kappa shape index (κ1) is 19.5. The second kappa shape index (κ2) is 9.13. The van der Waals surface area contributed by atoms with Crippen molar-refractivity contribution in [2.45, 2.75) is 52.5 Å². The number of carbonyl (C=O) groups excluding carboxylic acids is 1. The number of nitrogens with zero attached hydrogens (tertiary/aromatic N) is 3. The first-order valence-corrected chi connectivity index (χ1v) is 9.98.